The number of anilines is 2. The lowest BCUT2D eigenvalue weighted by Gasteiger charge is -2.14. The number of hydrogen-bond acceptors (Lipinski definition) is 8. The molecule has 0 unspecified atom stereocenters. The molecule has 0 radical (unpaired) electrons. The fraction of sp³-hybridized carbons (Fsp3) is 0.185. The molecular weight excluding hydrogens is 519 g/mol. The number of carbonyl (C=O) groups excluding carboxylic acids is 1. The van der Waals surface area contributed by atoms with E-state index in [4.69, 9.17) is 9.47 Å². The predicted octanol–water partition coefficient (Wildman–Crippen LogP) is 4.78. The molecule has 0 spiro atoms. The van der Waals surface area contributed by atoms with Gasteiger partial charge in [-0.1, -0.05) is 20.8 Å². The van der Waals surface area contributed by atoms with Crippen LogP contribution in [0, 0.1) is 5.82 Å². The lowest BCUT2D eigenvalue weighted by molar-refractivity contribution is 0.262. The van der Waals surface area contributed by atoms with Crippen LogP contribution >= 0.6 is 0 Å². The van der Waals surface area contributed by atoms with Crippen molar-refractivity contribution >= 4 is 28.7 Å². The van der Waals surface area contributed by atoms with Crippen LogP contribution in [0.15, 0.2) is 65.8 Å². The summed E-state index contributed by atoms with van der Waals surface area (Å²) in [6, 6.07) is 10.0. The maximum atomic E-state index is 15.0. The Kier molecular flexibility index (Phi) is 6.86. The zero-order valence-electron chi connectivity index (χ0n) is 22.0. The second-order valence-corrected chi connectivity index (χ2v) is 9.71. The van der Waals surface area contributed by atoms with E-state index in [1.54, 1.807) is 35.1 Å². The number of fused-ring (bicyclic) bond motifs is 1. The number of carbonyl (C=O) groups is 1. The zero-order chi connectivity index (χ0) is 28.4. The first kappa shape index (κ1) is 26.3. The average molecular weight is 545 g/mol. The molecule has 0 fully saturated rings. The summed E-state index contributed by atoms with van der Waals surface area (Å²) in [6.07, 6.45) is 4.10. The van der Waals surface area contributed by atoms with Crippen molar-refractivity contribution in [3.05, 3.63) is 82.9 Å². The van der Waals surface area contributed by atoms with Crippen LogP contribution in [0.2, 0.25) is 0 Å². The van der Waals surface area contributed by atoms with Crippen LogP contribution in [-0.4, -0.2) is 42.9 Å². The first-order chi connectivity index (χ1) is 19.1. The number of aromatic amines is 1. The molecular formula is C27H25FN8O4. The zero-order valence-corrected chi connectivity index (χ0v) is 22.0. The van der Waals surface area contributed by atoms with E-state index in [1.165, 1.54) is 25.4 Å². The van der Waals surface area contributed by atoms with E-state index in [-0.39, 0.29) is 28.2 Å². The van der Waals surface area contributed by atoms with Gasteiger partial charge in [0.2, 0.25) is 5.88 Å². The summed E-state index contributed by atoms with van der Waals surface area (Å²) in [6.45, 7) is 6.00. The Morgan fingerprint density at radius 2 is 1.85 bits per heavy atom. The summed E-state index contributed by atoms with van der Waals surface area (Å²) >= 11 is 0. The second kappa shape index (κ2) is 10.4. The number of amides is 2. The van der Waals surface area contributed by atoms with Gasteiger partial charge in [-0.25, -0.2) is 28.8 Å². The number of urea groups is 1. The van der Waals surface area contributed by atoms with E-state index in [2.05, 4.69) is 35.7 Å². The van der Waals surface area contributed by atoms with Crippen molar-refractivity contribution in [2.24, 2.45) is 0 Å². The average Bonchev–Trinajstić information content (AvgIpc) is 3.34. The molecule has 40 heavy (non-hydrogen) atoms. The minimum Gasteiger partial charge on any atom is -0.481 e. The number of rotatable bonds is 6. The first-order valence-corrected chi connectivity index (χ1v) is 12.1. The predicted molar refractivity (Wildman–Crippen MR) is 146 cm³/mol. The Bertz CT molecular complexity index is 1760. The summed E-state index contributed by atoms with van der Waals surface area (Å²) in [5.41, 5.74) is 1.10. The minimum atomic E-state index is -0.726. The molecule has 13 heteroatoms. The number of benzene rings is 1. The van der Waals surface area contributed by atoms with Crippen molar-refractivity contribution in [3.63, 3.8) is 0 Å². The number of halogens is 1. The van der Waals surface area contributed by atoms with Gasteiger partial charge >= 0.3 is 6.03 Å². The van der Waals surface area contributed by atoms with E-state index < -0.39 is 17.4 Å². The molecule has 0 aliphatic heterocycles. The normalized spacial score (nSPS) is 11.3. The molecule has 1 aromatic carbocycles. The summed E-state index contributed by atoms with van der Waals surface area (Å²) in [5.74, 6) is 0.504. The molecule has 3 N–H and O–H groups in total. The van der Waals surface area contributed by atoms with Crippen molar-refractivity contribution < 1.29 is 18.7 Å². The number of pyridine rings is 2. The van der Waals surface area contributed by atoms with Gasteiger partial charge in [0.25, 0.3) is 5.56 Å². The largest absolute Gasteiger partial charge is 0.481 e. The summed E-state index contributed by atoms with van der Waals surface area (Å²) in [5, 5.41) is 9.88. The van der Waals surface area contributed by atoms with Crippen molar-refractivity contribution in [1.82, 2.24) is 29.7 Å². The van der Waals surface area contributed by atoms with Gasteiger partial charge in [-0.2, -0.15) is 5.10 Å². The molecule has 5 rings (SSSR count). The molecule has 0 saturated heterocycles. The van der Waals surface area contributed by atoms with E-state index in [9.17, 15) is 14.0 Å². The number of nitrogens with zero attached hydrogens (tertiary/aromatic N) is 5. The number of hydrogen-bond donors (Lipinski definition) is 3. The molecule has 0 saturated carbocycles. The van der Waals surface area contributed by atoms with Gasteiger partial charge in [-0.15, -0.1) is 0 Å². The maximum Gasteiger partial charge on any atom is 0.324 e. The van der Waals surface area contributed by atoms with E-state index in [0.29, 0.717) is 22.9 Å². The highest BCUT2D eigenvalue weighted by atomic mass is 19.1. The van der Waals surface area contributed by atoms with Crippen LogP contribution in [-0.2, 0) is 5.41 Å². The summed E-state index contributed by atoms with van der Waals surface area (Å²) in [7, 11) is 1.52. The third kappa shape index (κ3) is 5.57. The Labute approximate surface area is 227 Å². The van der Waals surface area contributed by atoms with Gasteiger partial charge in [0, 0.05) is 35.9 Å². The molecule has 0 aliphatic carbocycles. The van der Waals surface area contributed by atoms with E-state index in [0.717, 1.165) is 18.0 Å². The van der Waals surface area contributed by atoms with Crippen LogP contribution < -0.4 is 25.7 Å². The molecule has 5 aromatic rings. The van der Waals surface area contributed by atoms with Crippen LogP contribution in [0.4, 0.5) is 20.7 Å². The maximum absolute atomic E-state index is 15.0. The summed E-state index contributed by atoms with van der Waals surface area (Å²) < 4.78 is 27.4. The highest BCUT2D eigenvalue weighted by molar-refractivity contribution is 5.99. The summed E-state index contributed by atoms with van der Waals surface area (Å²) in [4.78, 5) is 39.2. The van der Waals surface area contributed by atoms with E-state index >= 15 is 0 Å². The van der Waals surface area contributed by atoms with Crippen molar-refractivity contribution in [2.45, 2.75) is 26.2 Å². The molecule has 4 heterocycles. The fourth-order valence-electron chi connectivity index (χ4n) is 3.72. The van der Waals surface area contributed by atoms with Gasteiger partial charge in [0.1, 0.15) is 22.9 Å². The third-order valence-corrected chi connectivity index (χ3v) is 5.75. The monoisotopic (exact) mass is 544 g/mol. The fourth-order valence-corrected chi connectivity index (χ4v) is 3.72. The van der Waals surface area contributed by atoms with Crippen molar-refractivity contribution in [2.75, 3.05) is 17.7 Å². The second-order valence-electron chi connectivity index (χ2n) is 9.71. The number of nitrogens with one attached hydrogen (secondary N) is 3. The van der Waals surface area contributed by atoms with Crippen LogP contribution in [0.1, 0.15) is 26.5 Å². The smallest absolute Gasteiger partial charge is 0.324 e. The lowest BCUT2D eigenvalue weighted by atomic mass is 9.92. The lowest BCUT2D eigenvalue weighted by Crippen LogP contribution is -2.22. The highest BCUT2D eigenvalue weighted by Crippen LogP contribution is 2.30. The standard InChI is InChI=1S/C27H25FN8O4/c1-27(2,3)20-12-21(36(35-20)15-5-8-23(39-4)30-13-15)33-26(38)32-18-7-6-16(11-17(18)28)40-19-9-10-29-25-24(19)31-14-22(37)34-25/h5-14H,1-4H3,(H,29,34,37)(H2,32,33,38). The van der Waals surface area contributed by atoms with Gasteiger partial charge in [0.05, 0.1) is 36.6 Å². The van der Waals surface area contributed by atoms with Gasteiger partial charge in [0.15, 0.2) is 11.4 Å². The Hall–Kier alpha value is -5.33. The van der Waals surface area contributed by atoms with Gasteiger partial charge in [-0.3, -0.25) is 10.1 Å². The molecule has 2 amide bonds. The molecule has 0 atom stereocenters. The quantitative estimate of drug-likeness (QED) is 0.277. The van der Waals surface area contributed by atoms with Crippen molar-refractivity contribution in [1.29, 1.82) is 0 Å². The van der Waals surface area contributed by atoms with Crippen molar-refractivity contribution in [3.8, 4) is 23.1 Å². The Morgan fingerprint density at radius 1 is 1.02 bits per heavy atom. The third-order valence-electron chi connectivity index (χ3n) is 5.75. The van der Waals surface area contributed by atoms with Gasteiger partial charge in [-0.05, 0) is 18.2 Å². The molecule has 204 valence electrons. The molecule has 4 aromatic heterocycles. The highest BCUT2D eigenvalue weighted by Gasteiger charge is 2.22. The van der Waals surface area contributed by atoms with Crippen LogP contribution in [0.5, 0.6) is 17.4 Å². The van der Waals surface area contributed by atoms with E-state index in [1.807, 2.05) is 20.8 Å². The number of methoxy groups -OCH3 is 1. The molecule has 0 bridgehead atoms. The van der Waals surface area contributed by atoms with Gasteiger partial charge < -0.3 is 19.8 Å². The number of H-pyrrole nitrogens is 1. The minimum absolute atomic E-state index is 0.0693. The number of ether oxygens (including phenoxy) is 2. The Morgan fingerprint density at radius 3 is 2.55 bits per heavy atom. The van der Waals surface area contributed by atoms with Crippen LogP contribution in [0.25, 0.3) is 16.9 Å². The SMILES string of the molecule is COc1ccc(-n2nc(C(C)(C)C)cc2NC(=O)Nc2ccc(Oc3ccnc4[nH]c(=O)cnc34)cc2F)cn1. The number of aromatic nitrogens is 6. The molecule has 0 aliphatic rings. The topological polar surface area (TPSA) is 149 Å². The van der Waals surface area contributed by atoms with Crippen LogP contribution in [0.3, 0.4) is 0 Å². The molecule has 12 nitrogen and oxygen atoms in total. The first-order valence-electron chi connectivity index (χ1n) is 12.1. The Balaban J connectivity index is 1.34.